The molecule has 1 N–H and O–H groups in total. The highest BCUT2D eigenvalue weighted by atomic mass is 79.9. The fourth-order valence-electron chi connectivity index (χ4n) is 2.02. The molecule has 0 saturated carbocycles. The maximum absolute atomic E-state index is 12.1. The molecule has 2 rings (SSSR count). The van der Waals surface area contributed by atoms with Gasteiger partial charge in [-0.1, -0.05) is 29.8 Å². The van der Waals surface area contributed by atoms with Crippen molar-refractivity contribution in [1.82, 2.24) is 0 Å². The lowest BCUT2D eigenvalue weighted by Crippen LogP contribution is -2.30. The number of nitrogens with zero attached hydrogens (tertiary/aromatic N) is 1. The van der Waals surface area contributed by atoms with Gasteiger partial charge in [-0.3, -0.25) is 14.5 Å². The average molecular weight is 326 g/mol. The number of anilines is 1. The second kappa shape index (κ2) is 4.77. The van der Waals surface area contributed by atoms with Crippen molar-refractivity contribution in [2.24, 2.45) is 11.8 Å². The van der Waals surface area contributed by atoms with Gasteiger partial charge in [0.2, 0.25) is 11.8 Å². The van der Waals surface area contributed by atoms with Gasteiger partial charge in [-0.15, -0.1) is 0 Å². The molecule has 1 aliphatic heterocycles. The number of benzene rings is 1. The van der Waals surface area contributed by atoms with Gasteiger partial charge in [-0.2, -0.15) is 0 Å². The molecule has 1 aliphatic rings. The second-order valence-electron chi connectivity index (χ2n) is 4.59. The highest BCUT2D eigenvalue weighted by Crippen LogP contribution is 2.32. The number of carbonyl (C=O) groups excluding carboxylic acids is 2. The van der Waals surface area contributed by atoms with Gasteiger partial charge in [0.05, 0.1) is 11.3 Å². The Morgan fingerprint density at radius 2 is 1.68 bits per heavy atom. The van der Waals surface area contributed by atoms with Crippen LogP contribution in [0, 0.1) is 11.8 Å². The number of aromatic carboxylic acids is 1. The summed E-state index contributed by atoms with van der Waals surface area (Å²) in [6.07, 6.45) is 0. The second-order valence-corrected chi connectivity index (χ2v) is 5.51. The van der Waals surface area contributed by atoms with Crippen LogP contribution in [0.15, 0.2) is 22.7 Å². The molecule has 5 nitrogen and oxygen atoms in total. The van der Waals surface area contributed by atoms with Gasteiger partial charge in [-0.05, 0) is 18.2 Å². The molecule has 1 fully saturated rings. The van der Waals surface area contributed by atoms with Crippen LogP contribution in [0.2, 0.25) is 0 Å². The molecule has 1 aromatic carbocycles. The maximum Gasteiger partial charge on any atom is 0.335 e. The molecule has 2 amide bonds. The van der Waals surface area contributed by atoms with Crippen molar-refractivity contribution in [3.63, 3.8) is 0 Å². The summed E-state index contributed by atoms with van der Waals surface area (Å²) >= 11 is 3.19. The van der Waals surface area contributed by atoms with E-state index in [4.69, 9.17) is 5.11 Å². The number of carboxylic acid groups (broad SMARTS) is 1. The summed E-state index contributed by atoms with van der Waals surface area (Å²) in [6, 6.07) is 4.31. The third-order valence-electron chi connectivity index (χ3n) is 3.36. The normalized spacial score (nSPS) is 23.0. The summed E-state index contributed by atoms with van der Waals surface area (Å²) in [5, 5.41) is 9.00. The minimum atomic E-state index is -1.11. The van der Waals surface area contributed by atoms with Gasteiger partial charge in [0.25, 0.3) is 0 Å². The van der Waals surface area contributed by atoms with E-state index in [0.29, 0.717) is 4.47 Å². The molecule has 6 heteroatoms. The monoisotopic (exact) mass is 325 g/mol. The Kier molecular flexibility index (Phi) is 3.45. The van der Waals surface area contributed by atoms with Crippen LogP contribution in [0.4, 0.5) is 5.69 Å². The number of carbonyl (C=O) groups is 3. The molecule has 100 valence electrons. The Labute approximate surface area is 118 Å². The molecular formula is C13H12BrNO4. The first kappa shape index (κ1) is 13.7. The highest BCUT2D eigenvalue weighted by molar-refractivity contribution is 9.10. The summed E-state index contributed by atoms with van der Waals surface area (Å²) < 4.78 is 0.509. The molecule has 2 unspecified atom stereocenters. The lowest BCUT2D eigenvalue weighted by Gasteiger charge is -2.15. The van der Waals surface area contributed by atoms with E-state index in [9.17, 15) is 14.4 Å². The van der Waals surface area contributed by atoms with Crippen LogP contribution in [0.25, 0.3) is 0 Å². The Morgan fingerprint density at radius 3 is 2.16 bits per heavy atom. The minimum Gasteiger partial charge on any atom is -0.478 e. The predicted molar refractivity (Wildman–Crippen MR) is 71.9 cm³/mol. The van der Waals surface area contributed by atoms with Crippen LogP contribution in [-0.2, 0) is 9.59 Å². The Morgan fingerprint density at radius 1 is 1.16 bits per heavy atom. The molecule has 2 atom stereocenters. The number of amides is 2. The number of carboxylic acids is 1. The largest absolute Gasteiger partial charge is 0.478 e. The van der Waals surface area contributed by atoms with Crippen LogP contribution >= 0.6 is 15.9 Å². The summed E-state index contributed by atoms with van der Waals surface area (Å²) in [5.41, 5.74) is 0.315. The first-order valence-corrected chi connectivity index (χ1v) is 6.54. The zero-order valence-electron chi connectivity index (χ0n) is 10.4. The fourth-order valence-corrected chi connectivity index (χ4v) is 2.51. The van der Waals surface area contributed by atoms with Crippen molar-refractivity contribution in [2.45, 2.75) is 13.8 Å². The van der Waals surface area contributed by atoms with E-state index < -0.39 is 5.97 Å². The van der Waals surface area contributed by atoms with E-state index in [1.54, 1.807) is 19.9 Å². The Hall–Kier alpha value is -1.69. The van der Waals surface area contributed by atoms with Crippen LogP contribution in [0.5, 0.6) is 0 Å². The van der Waals surface area contributed by atoms with E-state index in [0.717, 1.165) is 4.90 Å². The molecular weight excluding hydrogens is 314 g/mol. The topological polar surface area (TPSA) is 74.7 Å². The maximum atomic E-state index is 12.1. The Balaban J connectivity index is 2.50. The zero-order chi connectivity index (χ0) is 14.3. The number of halogens is 1. The summed E-state index contributed by atoms with van der Waals surface area (Å²) in [6.45, 7) is 3.39. The number of imide groups is 1. The van der Waals surface area contributed by atoms with Crippen molar-refractivity contribution in [3.8, 4) is 0 Å². The molecule has 0 radical (unpaired) electrons. The number of rotatable bonds is 2. The quantitative estimate of drug-likeness (QED) is 0.846. The van der Waals surface area contributed by atoms with Gasteiger partial charge < -0.3 is 5.11 Å². The van der Waals surface area contributed by atoms with Crippen LogP contribution in [0.1, 0.15) is 24.2 Å². The summed E-state index contributed by atoms with van der Waals surface area (Å²) in [7, 11) is 0. The molecule has 0 aromatic heterocycles. The lowest BCUT2D eigenvalue weighted by atomic mass is 10.00. The fraction of sp³-hybridized carbons (Fsp3) is 0.308. The van der Waals surface area contributed by atoms with E-state index in [1.807, 2.05) is 0 Å². The van der Waals surface area contributed by atoms with Crippen molar-refractivity contribution in [3.05, 3.63) is 28.2 Å². The van der Waals surface area contributed by atoms with E-state index >= 15 is 0 Å². The molecule has 1 saturated heterocycles. The van der Waals surface area contributed by atoms with Crippen LogP contribution in [-0.4, -0.2) is 22.9 Å². The van der Waals surface area contributed by atoms with Crippen molar-refractivity contribution in [2.75, 3.05) is 4.90 Å². The minimum absolute atomic E-state index is 0.0252. The third kappa shape index (κ3) is 2.28. The first-order chi connectivity index (χ1) is 8.82. The van der Waals surface area contributed by atoms with Gasteiger partial charge >= 0.3 is 5.97 Å². The lowest BCUT2D eigenvalue weighted by molar-refractivity contribution is -0.122. The van der Waals surface area contributed by atoms with Gasteiger partial charge in [-0.25, -0.2) is 4.79 Å². The molecule has 19 heavy (non-hydrogen) atoms. The summed E-state index contributed by atoms with van der Waals surface area (Å²) in [5.74, 6) is -2.49. The van der Waals surface area contributed by atoms with Crippen molar-refractivity contribution >= 4 is 39.4 Å². The number of hydrogen-bond acceptors (Lipinski definition) is 3. The molecule has 0 spiro atoms. The van der Waals surface area contributed by atoms with Crippen LogP contribution < -0.4 is 4.90 Å². The van der Waals surface area contributed by atoms with Crippen LogP contribution in [0.3, 0.4) is 0 Å². The van der Waals surface area contributed by atoms with E-state index in [2.05, 4.69) is 15.9 Å². The van der Waals surface area contributed by atoms with Crippen molar-refractivity contribution in [1.29, 1.82) is 0 Å². The third-order valence-corrected chi connectivity index (χ3v) is 3.82. The highest BCUT2D eigenvalue weighted by Gasteiger charge is 2.43. The molecule has 1 aromatic rings. The standard InChI is InChI=1S/C13H12BrNO4/c1-6-7(2)12(17)15(11(6)16)10-4-8(13(18)19)3-9(14)5-10/h3-7H,1-2H3,(H,18,19). The van der Waals surface area contributed by atoms with E-state index in [1.165, 1.54) is 12.1 Å². The van der Waals surface area contributed by atoms with Crippen molar-refractivity contribution < 1.29 is 19.5 Å². The smallest absolute Gasteiger partial charge is 0.335 e. The van der Waals surface area contributed by atoms with Gasteiger partial charge in [0, 0.05) is 16.3 Å². The first-order valence-electron chi connectivity index (χ1n) is 5.74. The SMILES string of the molecule is CC1C(=O)N(c2cc(Br)cc(C(=O)O)c2)C(=O)C1C. The number of hydrogen-bond donors (Lipinski definition) is 1. The molecule has 0 bridgehead atoms. The molecule has 1 heterocycles. The zero-order valence-corrected chi connectivity index (χ0v) is 12.0. The van der Waals surface area contributed by atoms with E-state index in [-0.39, 0.29) is 34.9 Å². The Bertz CT molecular complexity index is 564. The van der Waals surface area contributed by atoms with Gasteiger partial charge in [0.15, 0.2) is 0 Å². The predicted octanol–water partition coefficient (Wildman–Crippen LogP) is 2.29. The average Bonchev–Trinajstić information content (AvgIpc) is 2.53. The van der Waals surface area contributed by atoms with Gasteiger partial charge in [0.1, 0.15) is 0 Å². The summed E-state index contributed by atoms with van der Waals surface area (Å²) in [4.78, 5) is 36.2. The molecule has 0 aliphatic carbocycles.